The predicted octanol–water partition coefficient (Wildman–Crippen LogP) is 5.00. The van der Waals surface area contributed by atoms with E-state index >= 15 is 0 Å². The Morgan fingerprint density at radius 2 is 1.96 bits per heavy atom. The Labute approximate surface area is 157 Å². The average Bonchev–Trinajstić information content (AvgIpc) is 2.59. The summed E-state index contributed by atoms with van der Waals surface area (Å²) in [4.78, 5) is 13.7. The summed E-state index contributed by atoms with van der Waals surface area (Å²) < 4.78 is 10.5. The van der Waals surface area contributed by atoms with Crippen molar-refractivity contribution in [2.24, 2.45) is 0 Å². The van der Waals surface area contributed by atoms with Gasteiger partial charge in [-0.3, -0.25) is 4.79 Å². The van der Waals surface area contributed by atoms with Crippen LogP contribution >= 0.6 is 23.4 Å². The van der Waals surface area contributed by atoms with Crippen LogP contribution in [0.1, 0.15) is 19.4 Å². The lowest BCUT2D eigenvalue weighted by Crippen LogP contribution is -2.08. The van der Waals surface area contributed by atoms with Gasteiger partial charge >= 0.3 is 5.97 Å². The minimum atomic E-state index is -0.243. The molecule has 0 N–H and O–H groups in total. The molecule has 3 nitrogen and oxygen atoms in total. The Hall–Kier alpha value is -2.09. The lowest BCUT2D eigenvalue weighted by atomic mass is 10.1. The molecule has 0 heterocycles. The number of halogens is 1. The highest BCUT2D eigenvalue weighted by Gasteiger charge is 2.11. The minimum Gasteiger partial charge on any atom is -0.481 e. The molecular formula is C20H19ClO3S. The summed E-state index contributed by atoms with van der Waals surface area (Å²) in [6.45, 7) is 4.33. The molecule has 130 valence electrons. The first-order valence-electron chi connectivity index (χ1n) is 7.86. The van der Waals surface area contributed by atoms with Crippen LogP contribution in [0.2, 0.25) is 5.02 Å². The molecule has 2 aromatic carbocycles. The van der Waals surface area contributed by atoms with Gasteiger partial charge in [0.1, 0.15) is 12.4 Å². The third-order valence-electron chi connectivity index (χ3n) is 3.21. The summed E-state index contributed by atoms with van der Waals surface area (Å²) in [6.07, 6.45) is 0.226. The fourth-order valence-electron chi connectivity index (χ4n) is 2.06. The van der Waals surface area contributed by atoms with E-state index in [-0.39, 0.29) is 12.4 Å². The van der Waals surface area contributed by atoms with Gasteiger partial charge in [0.15, 0.2) is 0 Å². The maximum absolute atomic E-state index is 11.8. The summed E-state index contributed by atoms with van der Waals surface area (Å²) in [5.41, 5.74) is 0.895. The standard InChI is InChI=1S/C20H19ClO3S/c1-3-5-12-24-17-8-10-18(11-9-17)25-19-14-16(21)7-6-15(19)13-20(22)23-4-2/h6-11,14H,4,12-13H2,1-2H3. The molecule has 5 heteroatoms. The zero-order chi connectivity index (χ0) is 18.1. The summed E-state index contributed by atoms with van der Waals surface area (Å²) >= 11 is 7.66. The van der Waals surface area contributed by atoms with Crippen molar-refractivity contribution in [3.05, 3.63) is 53.1 Å². The Morgan fingerprint density at radius 1 is 1.20 bits per heavy atom. The summed E-state index contributed by atoms with van der Waals surface area (Å²) in [7, 11) is 0. The van der Waals surface area contributed by atoms with E-state index in [9.17, 15) is 4.79 Å². The quantitative estimate of drug-likeness (QED) is 0.504. The molecule has 2 rings (SSSR count). The number of ether oxygens (including phenoxy) is 2. The van der Waals surface area contributed by atoms with E-state index < -0.39 is 0 Å². The van der Waals surface area contributed by atoms with Crippen LogP contribution in [0.4, 0.5) is 0 Å². The molecule has 0 aliphatic carbocycles. The summed E-state index contributed by atoms with van der Waals surface area (Å²) in [6, 6.07) is 13.2. The van der Waals surface area contributed by atoms with Gasteiger partial charge in [-0.15, -0.1) is 5.92 Å². The largest absolute Gasteiger partial charge is 0.481 e. The van der Waals surface area contributed by atoms with Gasteiger partial charge < -0.3 is 9.47 Å². The predicted molar refractivity (Wildman–Crippen MR) is 101 cm³/mol. The topological polar surface area (TPSA) is 35.5 Å². The fraction of sp³-hybridized carbons (Fsp3) is 0.250. The van der Waals surface area contributed by atoms with E-state index in [1.54, 1.807) is 31.7 Å². The molecule has 0 aliphatic heterocycles. The van der Waals surface area contributed by atoms with E-state index in [4.69, 9.17) is 21.1 Å². The zero-order valence-corrected chi connectivity index (χ0v) is 15.7. The van der Waals surface area contributed by atoms with E-state index in [0.29, 0.717) is 18.2 Å². The van der Waals surface area contributed by atoms with Gasteiger partial charge in [-0.2, -0.15) is 0 Å². The van der Waals surface area contributed by atoms with Gasteiger partial charge in [0.25, 0.3) is 0 Å². The Morgan fingerprint density at radius 3 is 2.64 bits per heavy atom. The van der Waals surface area contributed by atoms with E-state index in [1.807, 2.05) is 36.4 Å². The van der Waals surface area contributed by atoms with Crippen LogP contribution in [0.15, 0.2) is 52.3 Å². The molecule has 0 radical (unpaired) electrons. The maximum atomic E-state index is 11.8. The van der Waals surface area contributed by atoms with Crippen molar-refractivity contribution in [2.45, 2.75) is 30.1 Å². The third kappa shape index (κ3) is 6.38. The van der Waals surface area contributed by atoms with Crippen LogP contribution in [0, 0.1) is 11.8 Å². The molecule has 0 aromatic heterocycles. The maximum Gasteiger partial charge on any atom is 0.310 e. The normalized spacial score (nSPS) is 9.88. The van der Waals surface area contributed by atoms with Gasteiger partial charge in [0.05, 0.1) is 13.0 Å². The monoisotopic (exact) mass is 374 g/mol. The summed E-state index contributed by atoms with van der Waals surface area (Å²) in [5.74, 6) is 6.17. The fourth-order valence-corrected chi connectivity index (χ4v) is 3.28. The molecule has 0 saturated carbocycles. The SMILES string of the molecule is CC#CCOc1ccc(Sc2cc(Cl)ccc2CC(=O)OCC)cc1. The number of hydrogen-bond acceptors (Lipinski definition) is 4. The molecule has 0 atom stereocenters. The molecule has 0 bridgehead atoms. The molecule has 25 heavy (non-hydrogen) atoms. The Kier molecular flexibility index (Phi) is 7.72. The molecule has 0 spiro atoms. The van der Waals surface area contributed by atoms with Crippen LogP contribution in [0.25, 0.3) is 0 Å². The smallest absolute Gasteiger partial charge is 0.310 e. The van der Waals surface area contributed by atoms with Gasteiger partial charge in [-0.05, 0) is 55.8 Å². The van der Waals surface area contributed by atoms with Crippen molar-refractivity contribution in [1.29, 1.82) is 0 Å². The van der Waals surface area contributed by atoms with Crippen molar-refractivity contribution in [3.8, 4) is 17.6 Å². The number of esters is 1. The van der Waals surface area contributed by atoms with Gasteiger partial charge in [0.2, 0.25) is 0 Å². The molecule has 2 aromatic rings. The number of carbonyl (C=O) groups excluding carboxylic acids is 1. The number of hydrogen-bond donors (Lipinski definition) is 0. The molecular weight excluding hydrogens is 356 g/mol. The Bertz CT molecular complexity index is 776. The Balaban J connectivity index is 2.11. The second kappa shape index (κ2) is 10.0. The number of rotatable bonds is 7. The van der Waals surface area contributed by atoms with Crippen LogP contribution in [0.3, 0.4) is 0 Å². The number of benzene rings is 2. The number of carbonyl (C=O) groups is 1. The van der Waals surface area contributed by atoms with Crippen LogP contribution < -0.4 is 4.74 Å². The first-order valence-corrected chi connectivity index (χ1v) is 9.06. The second-order valence-electron chi connectivity index (χ2n) is 5.02. The van der Waals surface area contributed by atoms with Crippen molar-refractivity contribution in [2.75, 3.05) is 13.2 Å². The van der Waals surface area contributed by atoms with Crippen LogP contribution in [0.5, 0.6) is 5.75 Å². The lowest BCUT2D eigenvalue weighted by Gasteiger charge is -2.10. The lowest BCUT2D eigenvalue weighted by molar-refractivity contribution is -0.142. The minimum absolute atomic E-state index is 0.226. The molecule has 0 amide bonds. The van der Waals surface area contributed by atoms with Crippen molar-refractivity contribution < 1.29 is 14.3 Å². The van der Waals surface area contributed by atoms with E-state index in [1.165, 1.54) is 0 Å². The van der Waals surface area contributed by atoms with E-state index in [2.05, 4.69) is 11.8 Å². The molecule has 0 unspecified atom stereocenters. The average molecular weight is 375 g/mol. The first kappa shape index (κ1) is 19.2. The van der Waals surface area contributed by atoms with E-state index in [0.717, 1.165) is 21.1 Å². The van der Waals surface area contributed by atoms with Crippen molar-refractivity contribution in [1.82, 2.24) is 0 Å². The van der Waals surface area contributed by atoms with Crippen LogP contribution in [-0.2, 0) is 16.0 Å². The van der Waals surface area contributed by atoms with Crippen LogP contribution in [-0.4, -0.2) is 19.2 Å². The molecule has 0 aliphatic rings. The van der Waals surface area contributed by atoms with Crippen molar-refractivity contribution in [3.63, 3.8) is 0 Å². The highest BCUT2D eigenvalue weighted by atomic mass is 35.5. The van der Waals surface area contributed by atoms with Crippen molar-refractivity contribution >= 4 is 29.3 Å². The van der Waals surface area contributed by atoms with Gasteiger partial charge in [0, 0.05) is 14.8 Å². The molecule has 0 fully saturated rings. The second-order valence-corrected chi connectivity index (χ2v) is 6.57. The summed E-state index contributed by atoms with van der Waals surface area (Å²) in [5, 5.41) is 0.633. The highest BCUT2D eigenvalue weighted by Crippen LogP contribution is 2.33. The zero-order valence-electron chi connectivity index (χ0n) is 14.2. The van der Waals surface area contributed by atoms with Gasteiger partial charge in [-0.25, -0.2) is 0 Å². The highest BCUT2D eigenvalue weighted by molar-refractivity contribution is 7.99. The third-order valence-corrected chi connectivity index (χ3v) is 4.55. The first-order chi connectivity index (χ1) is 12.1. The van der Waals surface area contributed by atoms with Gasteiger partial charge in [-0.1, -0.05) is 35.3 Å². The molecule has 0 saturated heterocycles.